The monoisotopic (exact) mass is 478 g/mol. The average Bonchev–Trinajstić information content (AvgIpc) is 2.90. The molecule has 168 valence electrons. The highest BCUT2D eigenvalue weighted by Gasteiger charge is 2.33. The van der Waals surface area contributed by atoms with Crippen LogP contribution in [-0.4, -0.2) is 36.3 Å². The van der Waals surface area contributed by atoms with Gasteiger partial charge in [0.1, 0.15) is 18.5 Å². The van der Waals surface area contributed by atoms with Gasteiger partial charge in [-0.15, -0.1) is 11.8 Å². The Bertz CT molecular complexity index is 1050. The van der Waals surface area contributed by atoms with Crippen molar-refractivity contribution < 1.29 is 23.5 Å². The van der Waals surface area contributed by atoms with Crippen molar-refractivity contribution in [1.82, 2.24) is 10.7 Å². The summed E-state index contributed by atoms with van der Waals surface area (Å²) in [5, 5.41) is 3.06. The third kappa shape index (κ3) is 5.39. The van der Waals surface area contributed by atoms with Crippen LogP contribution in [0.15, 0.2) is 53.9 Å². The lowest BCUT2D eigenvalue weighted by Gasteiger charge is -2.26. The maximum Gasteiger partial charge on any atom is 0.408 e. The molecule has 0 saturated heterocycles. The Morgan fingerprint density at radius 1 is 1.34 bits per heavy atom. The van der Waals surface area contributed by atoms with E-state index in [1.165, 1.54) is 34.9 Å². The van der Waals surface area contributed by atoms with Gasteiger partial charge in [-0.25, -0.2) is 15.0 Å². The first kappa shape index (κ1) is 23.6. The summed E-state index contributed by atoms with van der Waals surface area (Å²) in [6, 6.07) is 8.32. The lowest BCUT2D eigenvalue weighted by Crippen LogP contribution is -2.49. The topological polar surface area (TPSA) is 114 Å². The zero-order chi connectivity index (χ0) is 23.3. The maximum atomic E-state index is 14.5. The maximum absolute atomic E-state index is 14.5. The number of hydrogen-bond acceptors (Lipinski definition) is 6. The van der Waals surface area contributed by atoms with E-state index in [-0.39, 0.29) is 24.5 Å². The van der Waals surface area contributed by atoms with Crippen molar-refractivity contribution in [2.75, 3.05) is 17.3 Å². The fraction of sp³-hybridized carbons (Fsp3) is 0.190. The van der Waals surface area contributed by atoms with Crippen molar-refractivity contribution in [3.05, 3.63) is 71.0 Å². The quantitative estimate of drug-likeness (QED) is 0.254. The van der Waals surface area contributed by atoms with Gasteiger partial charge >= 0.3 is 6.09 Å². The fourth-order valence-electron chi connectivity index (χ4n) is 3.03. The molecule has 0 aliphatic carbocycles. The highest BCUT2D eigenvalue weighted by Crippen LogP contribution is 2.37. The van der Waals surface area contributed by atoms with Crippen molar-refractivity contribution in [3.8, 4) is 0 Å². The van der Waals surface area contributed by atoms with Gasteiger partial charge in [-0.1, -0.05) is 36.4 Å². The molecule has 0 aromatic heterocycles. The summed E-state index contributed by atoms with van der Waals surface area (Å²) in [5.41, 5.74) is 2.64. The highest BCUT2D eigenvalue weighted by atomic mass is 35.5. The fourth-order valence-corrected chi connectivity index (χ4v) is 4.23. The van der Waals surface area contributed by atoms with Gasteiger partial charge in [-0.05, 0) is 29.8 Å². The summed E-state index contributed by atoms with van der Waals surface area (Å²) >= 11 is 7.12. The number of nitrogens with one attached hydrogen (secondary N) is 2. The molecule has 0 radical (unpaired) electrons. The molecule has 1 aliphatic heterocycles. The molecule has 2 aromatic carbocycles. The molecule has 0 unspecified atom stereocenters. The molecule has 2 aromatic rings. The number of ether oxygens (including phenoxy) is 1. The van der Waals surface area contributed by atoms with Crippen LogP contribution >= 0.6 is 23.4 Å². The van der Waals surface area contributed by atoms with Crippen LogP contribution in [0.2, 0.25) is 5.02 Å². The number of hydrazine groups is 1. The predicted octanol–water partition coefficient (Wildman–Crippen LogP) is 3.00. The molecule has 11 heteroatoms. The second-order valence-corrected chi connectivity index (χ2v) is 8.22. The molecule has 8 nitrogen and oxygen atoms in total. The van der Waals surface area contributed by atoms with E-state index < -0.39 is 29.8 Å². The second-order valence-electron chi connectivity index (χ2n) is 6.72. The van der Waals surface area contributed by atoms with E-state index in [0.29, 0.717) is 15.6 Å². The SMILES string of the molecule is C=CCOC(=O)N[C@H]1CSc2cc(F)c(C(=O)NN)cc2N(Cc2ccc(Cl)cc2)C1=O. The first-order valence-corrected chi connectivity index (χ1v) is 10.8. The number of benzene rings is 2. The number of nitrogen functional groups attached to an aromatic ring is 1. The van der Waals surface area contributed by atoms with Crippen LogP contribution in [0.4, 0.5) is 14.9 Å². The summed E-state index contributed by atoms with van der Waals surface area (Å²) in [5.74, 6) is 3.23. The predicted molar refractivity (Wildman–Crippen MR) is 120 cm³/mol. The van der Waals surface area contributed by atoms with Gasteiger partial charge in [0.25, 0.3) is 11.8 Å². The summed E-state index contributed by atoms with van der Waals surface area (Å²) in [6.07, 6.45) is 0.620. The van der Waals surface area contributed by atoms with Gasteiger partial charge in [-0.2, -0.15) is 0 Å². The second kappa shape index (κ2) is 10.5. The Labute approximate surface area is 192 Å². The number of nitrogens with zero attached hydrogens (tertiary/aromatic N) is 1. The third-order valence-corrected chi connectivity index (χ3v) is 5.95. The van der Waals surface area contributed by atoms with Gasteiger partial charge in [-0.3, -0.25) is 15.0 Å². The van der Waals surface area contributed by atoms with E-state index in [1.54, 1.807) is 24.3 Å². The number of thioether (sulfide) groups is 1. The first-order chi connectivity index (χ1) is 15.3. The minimum atomic E-state index is -0.952. The van der Waals surface area contributed by atoms with Crippen molar-refractivity contribution in [1.29, 1.82) is 0 Å². The van der Waals surface area contributed by atoms with E-state index in [1.807, 2.05) is 5.43 Å². The molecule has 1 aliphatic rings. The molecule has 1 atom stereocenters. The highest BCUT2D eigenvalue weighted by molar-refractivity contribution is 7.99. The van der Waals surface area contributed by atoms with Crippen molar-refractivity contribution in [2.24, 2.45) is 5.84 Å². The Balaban J connectivity index is 2.01. The minimum absolute atomic E-state index is 0.0165. The largest absolute Gasteiger partial charge is 0.445 e. The zero-order valence-corrected chi connectivity index (χ0v) is 18.3. The number of nitrogens with two attached hydrogens (primary N) is 1. The number of amides is 3. The lowest BCUT2D eigenvalue weighted by molar-refractivity contribution is -0.120. The summed E-state index contributed by atoms with van der Waals surface area (Å²) in [7, 11) is 0. The molecular weight excluding hydrogens is 459 g/mol. The molecule has 3 rings (SSSR count). The minimum Gasteiger partial charge on any atom is -0.445 e. The number of carbonyl (C=O) groups excluding carboxylic acids is 3. The van der Waals surface area contributed by atoms with E-state index in [2.05, 4.69) is 11.9 Å². The molecule has 1 heterocycles. The molecule has 0 fully saturated rings. The molecule has 32 heavy (non-hydrogen) atoms. The summed E-state index contributed by atoms with van der Waals surface area (Å²) in [6.45, 7) is 3.55. The van der Waals surface area contributed by atoms with Crippen LogP contribution in [0.25, 0.3) is 0 Å². The standard InChI is InChI=1S/C21H20ClFN4O4S/c1-2-7-31-21(30)25-16-11-32-18-9-15(23)14(19(28)26-24)8-17(18)27(20(16)29)10-12-3-5-13(22)6-4-12/h2-6,8-9,16H,1,7,10-11,24H2,(H,25,30)(H,26,28)/t16-/m0/s1. The van der Waals surface area contributed by atoms with Gasteiger partial charge in [0.15, 0.2) is 0 Å². The van der Waals surface area contributed by atoms with E-state index in [0.717, 1.165) is 5.56 Å². The number of hydrogen-bond donors (Lipinski definition) is 3. The normalized spacial score (nSPS) is 15.4. The molecule has 4 N–H and O–H groups in total. The van der Waals surface area contributed by atoms with Crippen molar-refractivity contribution in [2.45, 2.75) is 17.5 Å². The Morgan fingerprint density at radius 2 is 2.06 bits per heavy atom. The van der Waals surface area contributed by atoms with E-state index >= 15 is 0 Å². The number of carbonyl (C=O) groups is 3. The number of rotatable bonds is 6. The smallest absolute Gasteiger partial charge is 0.408 e. The van der Waals surface area contributed by atoms with Crippen molar-refractivity contribution >= 4 is 47.0 Å². The molecule has 3 amide bonds. The van der Waals surface area contributed by atoms with E-state index in [9.17, 15) is 18.8 Å². The summed E-state index contributed by atoms with van der Waals surface area (Å²) < 4.78 is 19.5. The Hall–Kier alpha value is -3.08. The molecule has 0 spiro atoms. The average molecular weight is 479 g/mol. The van der Waals surface area contributed by atoms with Crippen LogP contribution in [-0.2, 0) is 16.1 Å². The number of fused-ring (bicyclic) bond motifs is 1. The van der Waals surface area contributed by atoms with Gasteiger partial charge in [0.05, 0.1) is 17.8 Å². The number of halogens is 2. The lowest BCUT2D eigenvalue weighted by atomic mass is 10.1. The molecular formula is C21H20ClFN4O4S. The van der Waals surface area contributed by atoms with E-state index in [4.69, 9.17) is 22.2 Å². The Kier molecular flexibility index (Phi) is 7.73. The van der Waals surface area contributed by atoms with Crippen LogP contribution in [0.1, 0.15) is 15.9 Å². The molecule has 0 saturated carbocycles. The van der Waals surface area contributed by atoms with Gasteiger partial charge in [0, 0.05) is 15.7 Å². The first-order valence-electron chi connectivity index (χ1n) is 9.41. The zero-order valence-electron chi connectivity index (χ0n) is 16.8. The van der Waals surface area contributed by atoms with Crippen LogP contribution < -0.4 is 21.5 Å². The van der Waals surface area contributed by atoms with Crippen LogP contribution in [0.3, 0.4) is 0 Å². The third-order valence-electron chi connectivity index (χ3n) is 4.56. The van der Waals surface area contributed by atoms with Crippen LogP contribution in [0.5, 0.6) is 0 Å². The van der Waals surface area contributed by atoms with Gasteiger partial charge in [0.2, 0.25) is 0 Å². The van der Waals surface area contributed by atoms with Gasteiger partial charge < -0.3 is 15.0 Å². The Morgan fingerprint density at radius 3 is 2.72 bits per heavy atom. The number of anilines is 1. The summed E-state index contributed by atoms with van der Waals surface area (Å²) in [4.78, 5) is 39.3. The molecule has 0 bridgehead atoms. The number of alkyl carbamates (subject to hydrolysis) is 1. The van der Waals surface area contributed by atoms with Crippen molar-refractivity contribution in [3.63, 3.8) is 0 Å². The van der Waals surface area contributed by atoms with Crippen LogP contribution in [0, 0.1) is 5.82 Å².